The quantitative estimate of drug-likeness (QED) is 0.766. The minimum absolute atomic E-state index is 0.0484. The average molecular weight is 334 g/mol. The number of thiazole rings is 1. The van der Waals surface area contributed by atoms with Gasteiger partial charge in [-0.2, -0.15) is 0 Å². The Morgan fingerprint density at radius 2 is 2.32 bits per heavy atom. The molecular weight excluding hydrogens is 320 g/mol. The fraction of sp³-hybridized carbons (Fsp3) is 0.357. The minimum atomic E-state index is -0.0484. The van der Waals surface area contributed by atoms with Crippen LogP contribution >= 0.6 is 22.7 Å². The van der Waals surface area contributed by atoms with E-state index in [1.54, 1.807) is 22.7 Å². The first-order chi connectivity index (χ1) is 10.9. The maximum atomic E-state index is 5.59. The highest BCUT2D eigenvalue weighted by molar-refractivity contribution is 7.20. The number of rotatable bonds is 5. The van der Waals surface area contributed by atoms with Crippen LogP contribution in [0, 0.1) is 0 Å². The van der Waals surface area contributed by atoms with Gasteiger partial charge in [-0.1, -0.05) is 11.2 Å². The summed E-state index contributed by atoms with van der Waals surface area (Å²) in [6, 6.07) is 4.52. The summed E-state index contributed by atoms with van der Waals surface area (Å²) >= 11 is 3.33. The fourth-order valence-electron chi connectivity index (χ4n) is 2.28. The third-order valence-electron chi connectivity index (χ3n) is 3.35. The van der Waals surface area contributed by atoms with Crippen molar-refractivity contribution in [1.82, 2.24) is 15.2 Å². The number of nitrogens with zero attached hydrogens (tertiary/aromatic N) is 3. The highest BCUT2D eigenvalue weighted by atomic mass is 32.1. The molecule has 4 rings (SSSR count). The number of aromatic nitrogens is 3. The molecule has 0 amide bonds. The van der Waals surface area contributed by atoms with Gasteiger partial charge in [-0.15, -0.1) is 27.8 Å². The largest absolute Gasteiger partial charge is 0.405 e. The molecule has 3 aromatic rings. The molecule has 0 aliphatic carbocycles. The van der Waals surface area contributed by atoms with Gasteiger partial charge in [0.25, 0.3) is 0 Å². The molecule has 0 radical (unpaired) electrons. The van der Waals surface area contributed by atoms with E-state index in [9.17, 15) is 0 Å². The molecule has 1 aliphatic heterocycles. The number of hydrogen-bond donors (Lipinski definition) is 1. The Bertz CT molecular complexity index is 732. The summed E-state index contributed by atoms with van der Waals surface area (Å²) in [4.78, 5) is 5.79. The summed E-state index contributed by atoms with van der Waals surface area (Å²) in [5.41, 5.74) is 0.963. The fourth-order valence-corrected chi connectivity index (χ4v) is 3.91. The van der Waals surface area contributed by atoms with Gasteiger partial charge < -0.3 is 14.5 Å². The smallest absolute Gasteiger partial charge is 0.315 e. The van der Waals surface area contributed by atoms with Crippen molar-refractivity contribution in [2.24, 2.45) is 0 Å². The first-order valence-electron chi connectivity index (χ1n) is 7.05. The van der Waals surface area contributed by atoms with Gasteiger partial charge in [0.15, 0.2) is 0 Å². The summed E-state index contributed by atoms with van der Waals surface area (Å²) in [7, 11) is 0. The van der Waals surface area contributed by atoms with E-state index < -0.39 is 0 Å². The maximum Gasteiger partial charge on any atom is 0.315 e. The molecule has 0 aromatic carbocycles. The molecule has 6 nitrogen and oxygen atoms in total. The average Bonchev–Trinajstić information content (AvgIpc) is 3.33. The van der Waals surface area contributed by atoms with E-state index in [4.69, 9.17) is 9.15 Å². The predicted octanol–water partition coefficient (Wildman–Crippen LogP) is 3.72. The van der Waals surface area contributed by atoms with Crippen molar-refractivity contribution in [2.45, 2.75) is 25.5 Å². The number of thiophene rings is 1. The molecule has 1 aliphatic rings. The summed E-state index contributed by atoms with van der Waals surface area (Å²) in [6.07, 6.45) is 1.94. The lowest BCUT2D eigenvalue weighted by atomic mass is 10.2. The van der Waals surface area contributed by atoms with Gasteiger partial charge in [0, 0.05) is 12.0 Å². The lowest BCUT2D eigenvalue weighted by Crippen LogP contribution is -1.99. The lowest BCUT2D eigenvalue weighted by Gasteiger charge is -2.01. The second-order valence-corrected chi connectivity index (χ2v) is 6.73. The Labute approximate surface area is 135 Å². The van der Waals surface area contributed by atoms with Crippen LogP contribution in [-0.2, 0) is 11.3 Å². The molecule has 0 bridgehead atoms. The maximum absolute atomic E-state index is 5.59. The highest BCUT2D eigenvalue weighted by Crippen LogP contribution is 2.29. The summed E-state index contributed by atoms with van der Waals surface area (Å²) in [6.45, 7) is 1.33. The zero-order valence-corrected chi connectivity index (χ0v) is 13.3. The van der Waals surface area contributed by atoms with Crippen molar-refractivity contribution in [1.29, 1.82) is 0 Å². The molecule has 4 heterocycles. The summed E-state index contributed by atoms with van der Waals surface area (Å²) in [5, 5.41) is 16.3. The molecule has 1 saturated heterocycles. The van der Waals surface area contributed by atoms with Gasteiger partial charge in [-0.05, 0) is 24.3 Å². The number of nitrogens with one attached hydrogen (secondary N) is 1. The normalized spacial score (nSPS) is 17.9. The third kappa shape index (κ3) is 2.90. The topological polar surface area (TPSA) is 73.1 Å². The van der Waals surface area contributed by atoms with Crippen LogP contribution in [0.15, 0.2) is 27.3 Å². The molecule has 114 valence electrons. The van der Waals surface area contributed by atoms with Crippen molar-refractivity contribution in [3.05, 3.63) is 34.5 Å². The van der Waals surface area contributed by atoms with Gasteiger partial charge in [0.05, 0.1) is 17.1 Å². The van der Waals surface area contributed by atoms with E-state index in [2.05, 4.69) is 31.9 Å². The van der Waals surface area contributed by atoms with Gasteiger partial charge in [0.1, 0.15) is 11.1 Å². The van der Waals surface area contributed by atoms with Crippen LogP contribution in [0.2, 0.25) is 0 Å². The second-order valence-electron chi connectivity index (χ2n) is 4.92. The van der Waals surface area contributed by atoms with Crippen LogP contribution in [0.1, 0.15) is 30.5 Å². The second kappa shape index (κ2) is 6.15. The van der Waals surface area contributed by atoms with Crippen LogP contribution in [0.5, 0.6) is 0 Å². The predicted molar refractivity (Wildman–Crippen MR) is 85.0 cm³/mol. The Morgan fingerprint density at radius 3 is 3.14 bits per heavy atom. The van der Waals surface area contributed by atoms with Crippen LogP contribution < -0.4 is 5.32 Å². The SMILES string of the molecule is c1csc(-c2nc(CNc3nnc([C@H]4CCCO4)o3)cs2)c1. The molecule has 1 atom stereocenters. The minimum Gasteiger partial charge on any atom is -0.405 e. The van der Waals surface area contributed by atoms with Crippen LogP contribution in [0.25, 0.3) is 9.88 Å². The molecule has 22 heavy (non-hydrogen) atoms. The first kappa shape index (κ1) is 13.9. The zero-order chi connectivity index (χ0) is 14.8. The van der Waals surface area contributed by atoms with E-state index in [1.807, 2.05) is 11.4 Å². The van der Waals surface area contributed by atoms with Crippen molar-refractivity contribution >= 4 is 28.7 Å². The van der Waals surface area contributed by atoms with Crippen molar-refractivity contribution in [3.63, 3.8) is 0 Å². The number of hydrogen-bond acceptors (Lipinski definition) is 8. The molecule has 0 saturated carbocycles. The Hall–Kier alpha value is -1.77. The van der Waals surface area contributed by atoms with Crippen LogP contribution in [0.3, 0.4) is 0 Å². The van der Waals surface area contributed by atoms with Gasteiger partial charge in [-0.25, -0.2) is 4.98 Å². The molecule has 8 heteroatoms. The van der Waals surface area contributed by atoms with Crippen LogP contribution in [-0.4, -0.2) is 21.8 Å². The van der Waals surface area contributed by atoms with Crippen molar-refractivity contribution in [3.8, 4) is 9.88 Å². The highest BCUT2D eigenvalue weighted by Gasteiger charge is 2.23. The van der Waals surface area contributed by atoms with Gasteiger partial charge in [-0.3, -0.25) is 0 Å². The Morgan fingerprint density at radius 1 is 1.32 bits per heavy atom. The van der Waals surface area contributed by atoms with E-state index >= 15 is 0 Å². The summed E-state index contributed by atoms with van der Waals surface area (Å²) in [5.74, 6) is 0.553. The van der Waals surface area contributed by atoms with Crippen LogP contribution in [0.4, 0.5) is 6.01 Å². The standard InChI is InChI=1S/C14H14N4O2S2/c1-3-10(19-5-1)12-17-18-14(20-12)15-7-9-8-22-13(16-9)11-4-2-6-21-11/h2,4,6,8,10H,1,3,5,7H2,(H,15,18)/t10-/m1/s1. The third-order valence-corrected chi connectivity index (χ3v) is 5.28. The number of anilines is 1. The van der Waals surface area contributed by atoms with Gasteiger partial charge in [0.2, 0.25) is 5.89 Å². The monoisotopic (exact) mass is 334 g/mol. The molecule has 1 fully saturated rings. The molecule has 1 N–H and O–H groups in total. The van der Waals surface area contributed by atoms with E-state index in [1.165, 1.54) is 4.88 Å². The van der Waals surface area contributed by atoms with Gasteiger partial charge >= 0.3 is 6.01 Å². The van der Waals surface area contributed by atoms with E-state index in [0.29, 0.717) is 18.5 Å². The van der Waals surface area contributed by atoms with Crippen molar-refractivity contribution in [2.75, 3.05) is 11.9 Å². The molecule has 0 spiro atoms. The molecule has 3 aromatic heterocycles. The summed E-state index contributed by atoms with van der Waals surface area (Å²) < 4.78 is 11.1. The zero-order valence-electron chi connectivity index (χ0n) is 11.7. The molecule has 0 unspecified atom stereocenters. The Balaban J connectivity index is 1.38. The van der Waals surface area contributed by atoms with E-state index in [-0.39, 0.29) is 6.10 Å². The van der Waals surface area contributed by atoms with E-state index in [0.717, 1.165) is 30.2 Å². The number of ether oxygens (including phenoxy) is 1. The van der Waals surface area contributed by atoms with Crippen molar-refractivity contribution < 1.29 is 9.15 Å². The lowest BCUT2D eigenvalue weighted by molar-refractivity contribution is 0.0897. The Kier molecular flexibility index (Phi) is 3.88. The molecular formula is C14H14N4O2S2. The first-order valence-corrected chi connectivity index (χ1v) is 8.81.